The van der Waals surface area contributed by atoms with Crippen LogP contribution in [0.4, 0.5) is 8.78 Å². The van der Waals surface area contributed by atoms with E-state index in [0.29, 0.717) is 0 Å². The number of benzene rings is 1. The molecule has 1 unspecified atom stereocenters. The van der Waals surface area contributed by atoms with E-state index in [1.807, 2.05) is 0 Å². The second kappa shape index (κ2) is 7.71. The van der Waals surface area contributed by atoms with Crippen molar-refractivity contribution in [3.05, 3.63) is 35.4 Å². The largest absolute Gasteiger partial charge is 0.207 e. The molecule has 0 N–H and O–H groups in total. The van der Waals surface area contributed by atoms with E-state index in [0.717, 1.165) is 18.2 Å². The van der Waals surface area contributed by atoms with Crippen molar-refractivity contribution in [2.24, 2.45) is 5.92 Å². The molecule has 0 radical (unpaired) electrons. The van der Waals surface area contributed by atoms with Gasteiger partial charge in [0.1, 0.15) is 11.6 Å². The molecule has 0 saturated carbocycles. The molecule has 0 fully saturated rings. The van der Waals surface area contributed by atoms with E-state index in [1.165, 1.54) is 0 Å². The fourth-order valence-corrected chi connectivity index (χ4v) is 1.83. The predicted octanol–water partition coefficient (Wildman–Crippen LogP) is 3.81. The molecule has 0 aromatic heterocycles. The van der Waals surface area contributed by atoms with Crippen LogP contribution in [0.3, 0.4) is 0 Å². The maximum Gasteiger partial charge on any atom is 0.126 e. The summed E-state index contributed by atoms with van der Waals surface area (Å²) in [6.45, 7) is 1.76. The Bertz CT molecular complexity index is 418. The zero-order valence-corrected chi connectivity index (χ0v) is 10.2. The van der Waals surface area contributed by atoms with E-state index in [1.54, 1.807) is 6.92 Å². The monoisotopic (exact) mass is 254 g/mol. The number of hydrogen-bond acceptors (Lipinski definition) is 0. The summed E-state index contributed by atoms with van der Waals surface area (Å²) in [7, 11) is 0. The molecule has 90 valence electrons. The topological polar surface area (TPSA) is 0 Å². The predicted molar refractivity (Wildman–Crippen MR) is 67.7 cm³/mol. The number of hydrogen-bond donors (Lipinski definition) is 0. The molecule has 0 saturated heterocycles. The van der Waals surface area contributed by atoms with Crippen molar-refractivity contribution >= 4 is 11.6 Å². The lowest BCUT2D eigenvalue weighted by atomic mass is 9.89. The van der Waals surface area contributed by atoms with Crippen LogP contribution in [-0.4, -0.2) is 5.88 Å². The van der Waals surface area contributed by atoms with Gasteiger partial charge in [0, 0.05) is 17.7 Å². The van der Waals surface area contributed by atoms with Gasteiger partial charge in [0.2, 0.25) is 0 Å². The Balaban J connectivity index is 0.00000121. The standard InChI is InChI=1S/C12H11ClF2.C2H2/c1-3-8(2)11(7-13)10-6-9(14)4-5-12(10)15;1-2/h1,4-6,8,11H,7H2,2H3;1-2H/t8-,11?;/m0./s1. The van der Waals surface area contributed by atoms with Gasteiger partial charge >= 0.3 is 0 Å². The third-order valence-corrected chi connectivity index (χ3v) is 2.72. The van der Waals surface area contributed by atoms with Crippen molar-refractivity contribution < 1.29 is 8.78 Å². The Kier molecular flexibility index (Phi) is 7.03. The van der Waals surface area contributed by atoms with Gasteiger partial charge in [-0.05, 0) is 23.8 Å². The van der Waals surface area contributed by atoms with Crippen molar-refractivity contribution in [2.75, 3.05) is 5.88 Å². The number of halogens is 3. The first kappa shape index (κ1) is 15.5. The summed E-state index contributed by atoms with van der Waals surface area (Å²) < 4.78 is 26.4. The first-order valence-corrected chi connectivity index (χ1v) is 5.44. The van der Waals surface area contributed by atoms with Crippen LogP contribution in [0.5, 0.6) is 0 Å². The average molecular weight is 255 g/mol. The average Bonchev–Trinajstić information content (AvgIpc) is 2.36. The summed E-state index contributed by atoms with van der Waals surface area (Å²) in [4.78, 5) is 0. The van der Waals surface area contributed by atoms with Crippen LogP contribution in [0.25, 0.3) is 0 Å². The fraction of sp³-hybridized carbons (Fsp3) is 0.286. The maximum absolute atomic E-state index is 13.4. The van der Waals surface area contributed by atoms with Gasteiger partial charge in [-0.25, -0.2) is 8.78 Å². The van der Waals surface area contributed by atoms with Crippen molar-refractivity contribution in [3.8, 4) is 25.2 Å². The van der Waals surface area contributed by atoms with Crippen molar-refractivity contribution in [1.29, 1.82) is 0 Å². The second-order valence-electron chi connectivity index (χ2n) is 3.38. The summed E-state index contributed by atoms with van der Waals surface area (Å²) >= 11 is 5.72. The SMILES string of the molecule is C#C.C#C[C@H](C)C(CCl)c1cc(F)ccc1F. The molecule has 0 aliphatic rings. The van der Waals surface area contributed by atoms with E-state index < -0.39 is 11.6 Å². The fourth-order valence-electron chi connectivity index (χ4n) is 1.40. The van der Waals surface area contributed by atoms with E-state index in [2.05, 4.69) is 18.8 Å². The molecule has 0 nitrogen and oxygen atoms in total. The molecule has 0 spiro atoms. The summed E-state index contributed by atoms with van der Waals surface area (Å²) in [6, 6.07) is 3.31. The molecule has 2 atom stereocenters. The van der Waals surface area contributed by atoms with Crippen LogP contribution >= 0.6 is 11.6 Å². The third kappa shape index (κ3) is 4.10. The minimum Gasteiger partial charge on any atom is -0.207 e. The Morgan fingerprint density at radius 1 is 1.35 bits per heavy atom. The smallest absolute Gasteiger partial charge is 0.126 e. The van der Waals surface area contributed by atoms with Gasteiger partial charge < -0.3 is 0 Å². The minimum atomic E-state index is -0.481. The zero-order chi connectivity index (χ0) is 13.4. The molecule has 1 rings (SSSR count). The molecular weight excluding hydrogens is 242 g/mol. The molecule has 1 aromatic rings. The minimum absolute atomic E-state index is 0.172. The van der Waals surface area contributed by atoms with Crippen LogP contribution in [0.15, 0.2) is 18.2 Å². The highest BCUT2D eigenvalue weighted by atomic mass is 35.5. The normalized spacial score (nSPS) is 12.8. The van der Waals surface area contributed by atoms with Gasteiger partial charge in [-0.15, -0.1) is 36.8 Å². The highest BCUT2D eigenvalue weighted by molar-refractivity contribution is 6.18. The molecule has 0 amide bonds. The molecule has 3 heteroatoms. The molecular formula is C14H13ClF2. The zero-order valence-electron chi connectivity index (χ0n) is 9.46. The highest BCUT2D eigenvalue weighted by Gasteiger charge is 2.20. The third-order valence-electron chi connectivity index (χ3n) is 2.39. The van der Waals surface area contributed by atoms with Crippen LogP contribution < -0.4 is 0 Å². The summed E-state index contributed by atoms with van der Waals surface area (Å²) in [5, 5.41) is 0. The van der Waals surface area contributed by atoms with E-state index in [4.69, 9.17) is 18.0 Å². The van der Waals surface area contributed by atoms with Crippen molar-refractivity contribution in [1.82, 2.24) is 0 Å². The van der Waals surface area contributed by atoms with Crippen molar-refractivity contribution in [2.45, 2.75) is 12.8 Å². The Morgan fingerprint density at radius 3 is 2.41 bits per heavy atom. The maximum atomic E-state index is 13.4. The number of alkyl halides is 1. The van der Waals surface area contributed by atoms with Gasteiger partial charge in [0.05, 0.1) is 0 Å². The van der Waals surface area contributed by atoms with Gasteiger partial charge in [-0.3, -0.25) is 0 Å². The number of rotatable bonds is 3. The van der Waals surface area contributed by atoms with Crippen LogP contribution in [0.2, 0.25) is 0 Å². The first-order valence-electron chi connectivity index (χ1n) is 4.90. The Labute approximate surface area is 106 Å². The Morgan fingerprint density at radius 2 is 1.94 bits per heavy atom. The van der Waals surface area contributed by atoms with E-state index >= 15 is 0 Å². The highest BCUT2D eigenvalue weighted by Crippen LogP contribution is 2.28. The van der Waals surface area contributed by atoms with E-state index in [-0.39, 0.29) is 23.3 Å². The molecule has 0 aliphatic carbocycles. The van der Waals surface area contributed by atoms with Crippen LogP contribution in [0.1, 0.15) is 18.4 Å². The molecule has 17 heavy (non-hydrogen) atoms. The lowest BCUT2D eigenvalue weighted by Gasteiger charge is -2.18. The van der Waals surface area contributed by atoms with Crippen LogP contribution in [-0.2, 0) is 0 Å². The molecule has 0 aliphatic heterocycles. The van der Waals surface area contributed by atoms with Crippen molar-refractivity contribution in [3.63, 3.8) is 0 Å². The van der Waals surface area contributed by atoms with Gasteiger partial charge in [-0.2, -0.15) is 0 Å². The second-order valence-corrected chi connectivity index (χ2v) is 3.69. The van der Waals surface area contributed by atoms with Gasteiger partial charge in [0.25, 0.3) is 0 Å². The van der Waals surface area contributed by atoms with Gasteiger partial charge in [0.15, 0.2) is 0 Å². The first-order chi connectivity index (χ1) is 8.10. The van der Waals surface area contributed by atoms with Crippen LogP contribution in [0, 0.1) is 42.7 Å². The molecule has 0 bridgehead atoms. The quantitative estimate of drug-likeness (QED) is 0.568. The number of terminal acetylenes is 2. The lowest BCUT2D eigenvalue weighted by molar-refractivity contribution is 0.536. The van der Waals surface area contributed by atoms with Gasteiger partial charge in [-0.1, -0.05) is 6.92 Å². The summed E-state index contributed by atoms with van der Waals surface area (Å²) in [6.07, 6.45) is 13.2. The molecule has 0 heterocycles. The summed E-state index contributed by atoms with van der Waals surface area (Å²) in [5.41, 5.74) is 0.246. The lowest BCUT2D eigenvalue weighted by Crippen LogP contribution is -2.12. The Hall–Kier alpha value is -1.51. The van der Waals surface area contributed by atoms with E-state index in [9.17, 15) is 8.78 Å². The molecule has 1 aromatic carbocycles. The summed E-state index contributed by atoms with van der Waals surface area (Å²) in [5.74, 6) is 1.13.